The number of aliphatic hydroxyl groups is 1. The van der Waals surface area contributed by atoms with Gasteiger partial charge in [0.2, 0.25) is 0 Å². The van der Waals surface area contributed by atoms with Crippen molar-refractivity contribution < 1.29 is 13.9 Å². The molecule has 0 aliphatic rings. The first-order valence-corrected chi connectivity index (χ1v) is 3.99. The normalized spacial score (nSPS) is 10.9. The van der Waals surface area contributed by atoms with Gasteiger partial charge in [-0.3, -0.25) is 0 Å². The van der Waals surface area contributed by atoms with Gasteiger partial charge in [-0.15, -0.1) is 0 Å². The van der Waals surface area contributed by atoms with Gasteiger partial charge in [0.25, 0.3) is 6.43 Å². The van der Waals surface area contributed by atoms with Crippen LogP contribution in [0.4, 0.5) is 8.78 Å². The molecule has 0 saturated carbocycles. The van der Waals surface area contributed by atoms with Crippen molar-refractivity contribution in [3.8, 4) is 0 Å². The number of nitrogens with zero attached hydrogens (tertiary/aromatic N) is 1. The summed E-state index contributed by atoms with van der Waals surface area (Å²) in [6, 6.07) is 1.11. The van der Waals surface area contributed by atoms with Crippen molar-refractivity contribution in [2.45, 2.75) is 20.0 Å². The van der Waals surface area contributed by atoms with Gasteiger partial charge >= 0.3 is 0 Å². The molecule has 13 heavy (non-hydrogen) atoms. The van der Waals surface area contributed by atoms with Gasteiger partial charge < -0.3 is 5.11 Å². The van der Waals surface area contributed by atoms with E-state index in [0.29, 0.717) is 5.56 Å². The summed E-state index contributed by atoms with van der Waals surface area (Å²) in [5, 5.41) is 8.76. The molecule has 0 radical (unpaired) electrons. The summed E-state index contributed by atoms with van der Waals surface area (Å²) in [7, 11) is 0. The number of aromatic nitrogens is 1. The molecule has 0 bridgehead atoms. The Morgan fingerprint density at radius 2 is 2.23 bits per heavy atom. The van der Waals surface area contributed by atoms with Crippen LogP contribution in [0.15, 0.2) is 6.07 Å². The highest BCUT2D eigenvalue weighted by atomic mass is 35.5. The molecule has 1 aromatic rings. The standard InChI is InChI=1S/C8H8ClF2NO/c1-4-5(8(10)11)2-7(9)12-6(4)3-13/h2,8,13H,3H2,1H3. The Labute approximate surface area is 79.2 Å². The van der Waals surface area contributed by atoms with Crippen molar-refractivity contribution >= 4 is 11.6 Å². The molecule has 0 aliphatic heterocycles. The topological polar surface area (TPSA) is 33.1 Å². The lowest BCUT2D eigenvalue weighted by molar-refractivity contribution is 0.150. The summed E-state index contributed by atoms with van der Waals surface area (Å²) in [5.41, 5.74) is 0.314. The number of aliphatic hydroxyl groups excluding tert-OH is 1. The SMILES string of the molecule is Cc1c(C(F)F)cc(Cl)nc1CO. The predicted octanol–water partition coefficient (Wildman–Crippen LogP) is 2.47. The molecule has 0 fully saturated rings. The quantitative estimate of drug-likeness (QED) is 0.756. The van der Waals surface area contributed by atoms with E-state index in [9.17, 15) is 8.78 Å². The van der Waals surface area contributed by atoms with E-state index in [1.165, 1.54) is 6.92 Å². The number of halogens is 3. The van der Waals surface area contributed by atoms with E-state index < -0.39 is 6.43 Å². The van der Waals surface area contributed by atoms with Gasteiger partial charge in [0.15, 0.2) is 0 Å². The maximum absolute atomic E-state index is 12.4. The smallest absolute Gasteiger partial charge is 0.264 e. The number of hydrogen-bond acceptors (Lipinski definition) is 2. The lowest BCUT2D eigenvalue weighted by Gasteiger charge is -2.08. The zero-order chi connectivity index (χ0) is 10.0. The molecule has 0 aliphatic carbocycles. The van der Waals surface area contributed by atoms with Crippen molar-refractivity contribution in [2.24, 2.45) is 0 Å². The zero-order valence-corrected chi connectivity index (χ0v) is 7.65. The van der Waals surface area contributed by atoms with Crippen LogP contribution in [-0.2, 0) is 6.61 Å². The molecule has 1 aromatic heterocycles. The van der Waals surface area contributed by atoms with Gasteiger partial charge in [-0.05, 0) is 18.6 Å². The molecule has 1 heterocycles. The molecule has 0 amide bonds. The summed E-state index contributed by atoms with van der Waals surface area (Å²) >= 11 is 5.49. The molecule has 72 valence electrons. The van der Waals surface area contributed by atoms with E-state index in [1.807, 2.05) is 0 Å². The number of pyridine rings is 1. The number of rotatable bonds is 2. The molecular formula is C8H8ClF2NO. The molecular weight excluding hydrogens is 200 g/mol. The van der Waals surface area contributed by atoms with Crippen LogP contribution >= 0.6 is 11.6 Å². The van der Waals surface area contributed by atoms with Crippen LogP contribution in [0.25, 0.3) is 0 Å². The van der Waals surface area contributed by atoms with Gasteiger partial charge in [0, 0.05) is 5.56 Å². The summed E-state index contributed by atoms with van der Waals surface area (Å²) in [6.45, 7) is 1.10. The molecule has 5 heteroatoms. The highest BCUT2D eigenvalue weighted by Gasteiger charge is 2.15. The maximum Gasteiger partial charge on any atom is 0.264 e. The third-order valence-corrected chi connectivity index (χ3v) is 1.96. The van der Waals surface area contributed by atoms with Gasteiger partial charge in [-0.25, -0.2) is 13.8 Å². The maximum atomic E-state index is 12.4. The van der Waals surface area contributed by atoms with Crippen molar-refractivity contribution in [1.29, 1.82) is 0 Å². The Morgan fingerprint density at radius 3 is 2.69 bits per heavy atom. The Kier molecular flexibility index (Phi) is 3.17. The molecule has 0 spiro atoms. The van der Waals surface area contributed by atoms with Crippen LogP contribution < -0.4 is 0 Å². The van der Waals surface area contributed by atoms with Gasteiger partial charge in [-0.1, -0.05) is 11.6 Å². The molecule has 0 saturated heterocycles. The largest absolute Gasteiger partial charge is 0.390 e. The second-order valence-electron chi connectivity index (χ2n) is 2.56. The van der Waals surface area contributed by atoms with Crippen LogP contribution in [0.3, 0.4) is 0 Å². The molecule has 0 unspecified atom stereocenters. The van der Waals surface area contributed by atoms with Gasteiger partial charge in [-0.2, -0.15) is 0 Å². The minimum absolute atomic E-state index is 0.0232. The van der Waals surface area contributed by atoms with Crippen LogP contribution in [-0.4, -0.2) is 10.1 Å². The monoisotopic (exact) mass is 207 g/mol. The van der Waals surface area contributed by atoms with Crippen LogP contribution in [0.1, 0.15) is 23.2 Å². The summed E-state index contributed by atoms with van der Waals surface area (Å²) in [6.07, 6.45) is -2.59. The minimum atomic E-state index is -2.59. The fourth-order valence-electron chi connectivity index (χ4n) is 1.03. The van der Waals surface area contributed by atoms with E-state index in [0.717, 1.165) is 6.07 Å². The first-order valence-electron chi connectivity index (χ1n) is 3.61. The third kappa shape index (κ3) is 2.14. The zero-order valence-electron chi connectivity index (χ0n) is 6.89. The highest BCUT2D eigenvalue weighted by molar-refractivity contribution is 6.29. The van der Waals surface area contributed by atoms with E-state index >= 15 is 0 Å². The first kappa shape index (κ1) is 10.3. The van der Waals surface area contributed by atoms with E-state index in [4.69, 9.17) is 16.7 Å². The van der Waals surface area contributed by atoms with Crippen molar-refractivity contribution in [1.82, 2.24) is 4.98 Å². The minimum Gasteiger partial charge on any atom is -0.390 e. The van der Waals surface area contributed by atoms with E-state index in [1.54, 1.807) is 0 Å². The van der Waals surface area contributed by atoms with Crippen LogP contribution in [0.2, 0.25) is 5.15 Å². The average Bonchev–Trinajstić information content (AvgIpc) is 2.08. The fraction of sp³-hybridized carbons (Fsp3) is 0.375. The second-order valence-corrected chi connectivity index (χ2v) is 2.95. The summed E-state index contributed by atoms with van der Waals surface area (Å²) in [5.74, 6) is 0. The predicted molar refractivity (Wildman–Crippen MR) is 44.9 cm³/mol. The van der Waals surface area contributed by atoms with E-state index in [-0.39, 0.29) is 23.0 Å². The molecule has 0 aromatic carbocycles. The highest BCUT2D eigenvalue weighted by Crippen LogP contribution is 2.26. The molecule has 1 N–H and O–H groups in total. The summed E-state index contributed by atoms with van der Waals surface area (Å²) < 4.78 is 24.7. The fourth-order valence-corrected chi connectivity index (χ4v) is 1.25. The third-order valence-electron chi connectivity index (χ3n) is 1.77. The Balaban J connectivity index is 3.27. The molecule has 0 atom stereocenters. The van der Waals surface area contributed by atoms with Crippen molar-refractivity contribution in [3.05, 3.63) is 28.0 Å². The van der Waals surface area contributed by atoms with Crippen molar-refractivity contribution in [2.75, 3.05) is 0 Å². The second kappa shape index (κ2) is 3.98. The van der Waals surface area contributed by atoms with Crippen LogP contribution in [0.5, 0.6) is 0 Å². The Morgan fingerprint density at radius 1 is 1.62 bits per heavy atom. The lowest BCUT2D eigenvalue weighted by Crippen LogP contribution is -2.00. The van der Waals surface area contributed by atoms with Crippen molar-refractivity contribution in [3.63, 3.8) is 0 Å². The first-order chi connectivity index (χ1) is 6.06. The average molecular weight is 208 g/mol. The van der Waals surface area contributed by atoms with Crippen LogP contribution in [0, 0.1) is 6.92 Å². The van der Waals surface area contributed by atoms with Gasteiger partial charge in [0.05, 0.1) is 12.3 Å². The van der Waals surface area contributed by atoms with Gasteiger partial charge in [0.1, 0.15) is 5.15 Å². The number of hydrogen-bond donors (Lipinski definition) is 1. The Hall–Kier alpha value is -0.740. The molecule has 2 nitrogen and oxygen atoms in total. The number of alkyl halides is 2. The van der Waals surface area contributed by atoms with E-state index in [2.05, 4.69) is 4.98 Å². The summed E-state index contributed by atoms with van der Waals surface area (Å²) in [4.78, 5) is 3.72. The lowest BCUT2D eigenvalue weighted by atomic mass is 10.1. The molecule has 1 rings (SSSR count). The Bertz CT molecular complexity index is 317.